The first-order valence-electron chi connectivity index (χ1n) is 7.25. The predicted octanol–water partition coefficient (Wildman–Crippen LogP) is 1.73. The summed E-state index contributed by atoms with van der Waals surface area (Å²) >= 11 is 0. The average Bonchev–Trinajstić information content (AvgIpc) is 2.55. The number of hydrogen-bond acceptors (Lipinski definition) is 6. The summed E-state index contributed by atoms with van der Waals surface area (Å²) in [5.41, 5.74) is 0.161. The molecule has 0 aromatic carbocycles. The van der Waals surface area contributed by atoms with Crippen LogP contribution in [0, 0.1) is 0 Å². The maximum absolute atomic E-state index is 12.7. The van der Waals surface area contributed by atoms with Crippen LogP contribution in [-0.2, 0) is 26.0 Å². The number of aromatic nitrogens is 1. The Kier molecular flexibility index (Phi) is 7.90. The molecule has 0 saturated heterocycles. The third-order valence-electron chi connectivity index (χ3n) is 3.10. The topological polar surface area (TPSA) is 83.8 Å². The quantitative estimate of drug-likeness (QED) is 0.494. The molecule has 0 bridgehead atoms. The number of rotatable bonds is 9. The van der Waals surface area contributed by atoms with E-state index in [9.17, 15) is 13.2 Å². The molecular weight excluding hydrogens is 334 g/mol. The van der Waals surface area contributed by atoms with Crippen LogP contribution in [-0.4, -0.2) is 39.8 Å². The molecule has 1 aromatic rings. The van der Waals surface area contributed by atoms with E-state index in [1.165, 1.54) is 26.5 Å². The van der Waals surface area contributed by atoms with Gasteiger partial charge in [0.2, 0.25) is 0 Å². The molecule has 0 N–H and O–H groups in total. The van der Waals surface area contributed by atoms with Gasteiger partial charge in [0.15, 0.2) is 22.4 Å². The lowest BCUT2D eigenvalue weighted by molar-refractivity contribution is 0.0483. The minimum atomic E-state index is -3.65. The number of hydrogen-bond donors (Lipinski definition) is 0. The molecule has 134 valence electrons. The Hall–Kier alpha value is -1.90. The third kappa shape index (κ3) is 5.33. The van der Waals surface area contributed by atoms with Gasteiger partial charge in [-0.15, -0.1) is 0 Å². The molecule has 0 atom stereocenters. The molecule has 1 rings (SSSR count). The summed E-state index contributed by atoms with van der Waals surface area (Å²) in [4.78, 5) is 12.2. The molecule has 0 fully saturated rings. The lowest BCUT2D eigenvalue weighted by Gasteiger charge is -2.12. The van der Waals surface area contributed by atoms with Gasteiger partial charge in [-0.05, 0) is 19.4 Å². The van der Waals surface area contributed by atoms with Gasteiger partial charge in [-0.1, -0.05) is 18.2 Å². The average molecular weight is 357 g/mol. The zero-order valence-corrected chi connectivity index (χ0v) is 15.1. The van der Waals surface area contributed by atoms with Crippen molar-refractivity contribution in [1.82, 2.24) is 4.57 Å². The largest absolute Gasteiger partial charge is 0.462 e. The van der Waals surface area contributed by atoms with Gasteiger partial charge >= 0.3 is 0 Å². The first kappa shape index (κ1) is 20.1. The van der Waals surface area contributed by atoms with Crippen LogP contribution in [0.25, 0.3) is 0 Å². The Morgan fingerprint density at radius 2 is 1.96 bits per heavy atom. The van der Waals surface area contributed by atoms with Crippen LogP contribution < -0.4 is 10.3 Å². The Morgan fingerprint density at radius 1 is 1.25 bits per heavy atom. The van der Waals surface area contributed by atoms with Crippen molar-refractivity contribution in [3.05, 3.63) is 46.4 Å². The van der Waals surface area contributed by atoms with Crippen LogP contribution in [0.3, 0.4) is 0 Å². The molecule has 0 saturated carbocycles. The molecule has 1 heterocycles. The van der Waals surface area contributed by atoms with E-state index in [0.29, 0.717) is 5.57 Å². The van der Waals surface area contributed by atoms with Crippen LogP contribution >= 0.6 is 0 Å². The molecule has 1 aromatic heterocycles. The minimum absolute atomic E-state index is 0.0193. The summed E-state index contributed by atoms with van der Waals surface area (Å²) in [5, 5.41) is 0. The highest BCUT2D eigenvalue weighted by Crippen LogP contribution is 2.18. The van der Waals surface area contributed by atoms with Crippen LogP contribution in [0.5, 0.6) is 5.75 Å². The van der Waals surface area contributed by atoms with Gasteiger partial charge in [0.1, 0.15) is 6.73 Å². The first-order valence-corrected chi connectivity index (χ1v) is 8.90. The normalized spacial score (nSPS) is 12.8. The molecule has 8 heteroatoms. The maximum atomic E-state index is 12.7. The molecule has 24 heavy (non-hydrogen) atoms. The van der Waals surface area contributed by atoms with Crippen molar-refractivity contribution in [3.63, 3.8) is 0 Å². The van der Waals surface area contributed by atoms with Gasteiger partial charge in [0.05, 0.1) is 10.6 Å². The predicted molar refractivity (Wildman–Crippen MR) is 90.8 cm³/mol. The van der Waals surface area contributed by atoms with E-state index in [0.717, 1.165) is 4.57 Å². The highest BCUT2D eigenvalue weighted by Gasteiger charge is 2.20. The van der Waals surface area contributed by atoms with Crippen LogP contribution in [0.2, 0.25) is 0 Å². The van der Waals surface area contributed by atoms with E-state index in [1.807, 2.05) is 6.92 Å². The number of methoxy groups -OCH3 is 2. The summed E-state index contributed by atoms with van der Waals surface area (Å²) in [6.45, 7) is 3.33. The lowest BCUT2D eigenvalue weighted by atomic mass is 10.3. The standard InChI is InChI=1S/C16H23NO6S/c1-5-7-13(6-2)10-24(19,20)14-8-15(23-12-22-4)16(18)17(9-14)11-21-3/h5-9H,10-12H2,1-4H3. The SMILES string of the molecule is CC=CC(=CC)CS(=O)(=O)c1cc(OCOC)c(=O)n(COC)c1. The highest BCUT2D eigenvalue weighted by molar-refractivity contribution is 7.91. The van der Waals surface area contributed by atoms with E-state index in [-0.39, 0.29) is 29.9 Å². The van der Waals surface area contributed by atoms with Gasteiger partial charge in [-0.25, -0.2) is 8.42 Å². The Morgan fingerprint density at radius 3 is 2.50 bits per heavy atom. The van der Waals surface area contributed by atoms with Gasteiger partial charge < -0.3 is 14.2 Å². The molecule has 0 aliphatic carbocycles. The van der Waals surface area contributed by atoms with Gasteiger partial charge in [-0.3, -0.25) is 9.36 Å². The Labute approximate surface area is 142 Å². The van der Waals surface area contributed by atoms with Gasteiger partial charge in [0, 0.05) is 26.5 Å². The second-order valence-electron chi connectivity index (χ2n) is 4.91. The van der Waals surface area contributed by atoms with Crippen molar-refractivity contribution in [2.24, 2.45) is 0 Å². The molecule has 0 amide bonds. The van der Waals surface area contributed by atoms with Crippen molar-refractivity contribution in [2.75, 3.05) is 26.8 Å². The lowest BCUT2D eigenvalue weighted by Crippen LogP contribution is -2.25. The summed E-state index contributed by atoms with van der Waals surface area (Å²) in [5.74, 6) is -0.286. The summed E-state index contributed by atoms with van der Waals surface area (Å²) < 4.78 is 41.3. The molecule has 0 aliphatic heterocycles. The monoisotopic (exact) mass is 357 g/mol. The molecule has 0 aliphatic rings. The fourth-order valence-electron chi connectivity index (χ4n) is 1.96. The van der Waals surface area contributed by atoms with E-state index in [2.05, 4.69) is 0 Å². The molecule has 7 nitrogen and oxygen atoms in total. The van der Waals surface area contributed by atoms with Crippen molar-refractivity contribution in [2.45, 2.75) is 25.5 Å². The fraction of sp³-hybridized carbons (Fsp3) is 0.438. The fourth-order valence-corrected chi connectivity index (χ4v) is 3.40. The van der Waals surface area contributed by atoms with Crippen LogP contribution in [0.1, 0.15) is 13.8 Å². The van der Waals surface area contributed by atoms with Crippen molar-refractivity contribution < 1.29 is 22.6 Å². The zero-order valence-electron chi connectivity index (χ0n) is 14.3. The van der Waals surface area contributed by atoms with Crippen molar-refractivity contribution in [3.8, 4) is 5.75 Å². The highest BCUT2D eigenvalue weighted by atomic mass is 32.2. The second-order valence-corrected chi connectivity index (χ2v) is 6.90. The van der Waals surface area contributed by atoms with Gasteiger partial charge in [0.25, 0.3) is 5.56 Å². The summed E-state index contributed by atoms with van der Waals surface area (Å²) in [7, 11) is -0.838. The van der Waals surface area contributed by atoms with Crippen LogP contribution in [0.15, 0.2) is 45.8 Å². The molecule has 0 radical (unpaired) electrons. The molecule has 0 unspecified atom stereocenters. The molecular formula is C16H23NO6S. The number of pyridine rings is 1. The van der Waals surface area contributed by atoms with Crippen molar-refractivity contribution in [1.29, 1.82) is 0 Å². The second kappa shape index (κ2) is 9.41. The van der Waals surface area contributed by atoms with E-state index < -0.39 is 15.4 Å². The Balaban J connectivity index is 3.35. The summed E-state index contributed by atoms with van der Waals surface area (Å²) in [6.07, 6.45) is 6.48. The number of sulfone groups is 1. The number of ether oxygens (including phenoxy) is 3. The van der Waals surface area contributed by atoms with E-state index in [1.54, 1.807) is 25.2 Å². The van der Waals surface area contributed by atoms with E-state index >= 15 is 0 Å². The van der Waals surface area contributed by atoms with Crippen LogP contribution in [0.4, 0.5) is 0 Å². The number of allylic oxidation sites excluding steroid dienone is 3. The first-order chi connectivity index (χ1) is 11.4. The zero-order chi connectivity index (χ0) is 18.2. The molecule has 0 spiro atoms. The smallest absolute Gasteiger partial charge is 0.294 e. The Bertz CT molecular complexity index is 761. The third-order valence-corrected chi connectivity index (χ3v) is 4.75. The van der Waals surface area contributed by atoms with Gasteiger partial charge in [-0.2, -0.15) is 0 Å². The maximum Gasteiger partial charge on any atom is 0.294 e. The summed E-state index contributed by atoms with van der Waals surface area (Å²) in [6, 6.07) is 1.21. The van der Waals surface area contributed by atoms with Crippen molar-refractivity contribution >= 4 is 9.84 Å². The number of nitrogens with zero attached hydrogens (tertiary/aromatic N) is 1. The minimum Gasteiger partial charge on any atom is -0.462 e. The van der Waals surface area contributed by atoms with E-state index in [4.69, 9.17) is 14.2 Å².